The van der Waals surface area contributed by atoms with Crippen molar-refractivity contribution >= 4 is 5.97 Å². The van der Waals surface area contributed by atoms with Crippen molar-refractivity contribution in [2.45, 2.75) is 0 Å². The Morgan fingerprint density at radius 3 is 2.27 bits per heavy atom. The molecule has 3 aromatic rings. The molecular weight excluding hydrogens is 288 g/mol. The second-order valence-corrected chi connectivity index (χ2v) is 4.79. The van der Waals surface area contributed by atoms with E-state index < -0.39 is 17.6 Å². The van der Waals surface area contributed by atoms with Crippen LogP contribution in [0.2, 0.25) is 0 Å². The van der Waals surface area contributed by atoms with Crippen LogP contribution in [-0.2, 0) is 0 Å². The first kappa shape index (κ1) is 14.0. The highest BCUT2D eigenvalue weighted by Gasteiger charge is 2.07. The molecule has 0 saturated heterocycles. The maximum Gasteiger partial charge on any atom is 0.335 e. The highest BCUT2D eigenvalue weighted by atomic mass is 19.2. The summed E-state index contributed by atoms with van der Waals surface area (Å²) in [6, 6.07) is 11.9. The van der Waals surface area contributed by atoms with Crippen LogP contribution < -0.4 is 0 Å². The zero-order valence-electron chi connectivity index (χ0n) is 11.3. The zero-order valence-corrected chi connectivity index (χ0v) is 11.3. The minimum atomic E-state index is -0.981. The summed E-state index contributed by atoms with van der Waals surface area (Å²) >= 11 is 0. The molecule has 0 spiro atoms. The number of nitrogens with zero attached hydrogens (tertiary/aromatic N) is 1. The van der Waals surface area contributed by atoms with E-state index in [2.05, 4.69) is 0 Å². The summed E-state index contributed by atoms with van der Waals surface area (Å²) in [6.45, 7) is 0. The number of carboxylic acids is 1. The van der Waals surface area contributed by atoms with Gasteiger partial charge >= 0.3 is 5.97 Å². The first-order valence-corrected chi connectivity index (χ1v) is 6.52. The lowest BCUT2D eigenvalue weighted by Gasteiger charge is -2.03. The molecule has 0 unspecified atom stereocenters. The molecule has 0 amide bonds. The van der Waals surface area contributed by atoms with Crippen LogP contribution in [0.1, 0.15) is 10.4 Å². The van der Waals surface area contributed by atoms with E-state index in [0.29, 0.717) is 5.69 Å². The van der Waals surface area contributed by atoms with Crippen LogP contribution in [0.25, 0.3) is 16.8 Å². The SMILES string of the molecule is O=C(O)c1ccc(-c2ccn(-c3ccc(F)c(F)c3)c2)cc1. The van der Waals surface area contributed by atoms with Crippen molar-refractivity contribution in [3.05, 3.63) is 78.1 Å². The lowest BCUT2D eigenvalue weighted by Crippen LogP contribution is -1.95. The van der Waals surface area contributed by atoms with Gasteiger partial charge in [-0.05, 0) is 41.5 Å². The molecule has 0 fully saturated rings. The topological polar surface area (TPSA) is 42.2 Å². The maximum atomic E-state index is 13.3. The summed E-state index contributed by atoms with van der Waals surface area (Å²) in [7, 11) is 0. The summed E-state index contributed by atoms with van der Waals surface area (Å²) in [5.74, 6) is -2.77. The summed E-state index contributed by atoms with van der Waals surface area (Å²) in [5.41, 5.74) is 2.41. The summed E-state index contributed by atoms with van der Waals surface area (Å²) in [6.07, 6.45) is 3.50. The fourth-order valence-corrected chi connectivity index (χ4v) is 2.18. The van der Waals surface area contributed by atoms with E-state index in [9.17, 15) is 13.6 Å². The average molecular weight is 299 g/mol. The predicted molar refractivity (Wildman–Crippen MR) is 78.1 cm³/mol. The number of halogens is 2. The molecule has 0 aliphatic heterocycles. The van der Waals surface area contributed by atoms with Gasteiger partial charge in [0.05, 0.1) is 5.56 Å². The smallest absolute Gasteiger partial charge is 0.335 e. The molecule has 3 rings (SSSR count). The number of hydrogen-bond acceptors (Lipinski definition) is 1. The number of carboxylic acid groups (broad SMARTS) is 1. The maximum absolute atomic E-state index is 13.3. The van der Waals surface area contributed by atoms with Gasteiger partial charge in [-0.3, -0.25) is 0 Å². The molecule has 1 aromatic heterocycles. The number of aromatic carboxylic acids is 1. The van der Waals surface area contributed by atoms with Crippen LogP contribution in [0, 0.1) is 11.6 Å². The normalized spacial score (nSPS) is 10.6. The van der Waals surface area contributed by atoms with Gasteiger partial charge in [0, 0.05) is 24.1 Å². The van der Waals surface area contributed by atoms with Crippen LogP contribution in [0.5, 0.6) is 0 Å². The molecule has 110 valence electrons. The molecule has 0 aliphatic rings. The van der Waals surface area contributed by atoms with Gasteiger partial charge in [-0.2, -0.15) is 0 Å². The molecule has 1 N–H and O–H groups in total. The molecule has 0 bridgehead atoms. The van der Waals surface area contributed by atoms with Crippen LogP contribution in [0.3, 0.4) is 0 Å². The Hall–Kier alpha value is -2.95. The Balaban J connectivity index is 1.93. The lowest BCUT2D eigenvalue weighted by atomic mass is 10.1. The zero-order chi connectivity index (χ0) is 15.7. The van der Waals surface area contributed by atoms with Gasteiger partial charge in [-0.15, -0.1) is 0 Å². The lowest BCUT2D eigenvalue weighted by molar-refractivity contribution is 0.0697. The number of rotatable bonds is 3. The third kappa shape index (κ3) is 2.61. The quantitative estimate of drug-likeness (QED) is 0.790. The second-order valence-electron chi connectivity index (χ2n) is 4.79. The van der Waals surface area contributed by atoms with E-state index in [1.807, 2.05) is 6.07 Å². The van der Waals surface area contributed by atoms with Crippen molar-refractivity contribution < 1.29 is 18.7 Å². The number of hydrogen-bond donors (Lipinski definition) is 1. The highest BCUT2D eigenvalue weighted by molar-refractivity contribution is 5.88. The van der Waals surface area contributed by atoms with Gasteiger partial charge in [0.2, 0.25) is 0 Å². The fourth-order valence-electron chi connectivity index (χ4n) is 2.18. The monoisotopic (exact) mass is 299 g/mol. The van der Waals surface area contributed by atoms with E-state index in [1.54, 1.807) is 29.1 Å². The van der Waals surface area contributed by atoms with Crippen LogP contribution in [0.4, 0.5) is 8.78 Å². The predicted octanol–water partition coefficient (Wildman–Crippen LogP) is 4.12. The molecule has 0 saturated carbocycles. The van der Waals surface area contributed by atoms with Gasteiger partial charge in [0.1, 0.15) is 0 Å². The molecule has 0 radical (unpaired) electrons. The Kier molecular flexibility index (Phi) is 3.47. The number of aromatic nitrogens is 1. The number of carbonyl (C=O) groups is 1. The van der Waals surface area contributed by atoms with Crippen molar-refractivity contribution in [1.82, 2.24) is 4.57 Å². The van der Waals surface area contributed by atoms with Gasteiger partial charge in [0.15, 0.2) is 11.6 Å². The van der Waals surface area contributed by atoms with Crippen molar-refractivity contribution in [2.24, 2.45) is 0 Å². The minimum Gasteiger partial charge on any atom is -0.478 e. The van der Waals surface area contributed by atoms with E-state index in [4.69, 9.17) is 5.11 Å². The largest absolute Gasteiger partial charge is 0.478 e. The third-order valence-electron chi connectivity index (χ3n) is 3.36. The third-order valence-corrected chi connectivity index (χ3v) is 3.36. The summed E-state index contributed by atoms with van der Waals surface area (Å²) in [5, 5.41) is 8.88. The first-order valence-electron chi connectivity index (χ1n) is 6.52. The van der Waals surface area contributed by atoms with E-state index >= 15 is 0 Å². The van der Waals surface area contributed by atoms with Gasteiger partial charge in [0.25, 0.3) is 0 Å². The Bertz CT molecular complexity index is 838. The standard InChI is InChI=1S/C17H11F2NO2/c18-15-6-5-14(9-16(15)19)20-8-7-13(10-20)11-1-3-12(4-2-11)17(21)22/h1-10H,(H,21,22). The average Bonchev–Trinajstić information content (AvgIpc) is 3.00. The van der Waals surface area contributed by atoms with E-state index in [-0.39, 0.29) is 5.56 Å². The summed E-state index contributed by atoms with van der Waals surface area (Å²) < 4.78 is 27.9. The molecule has 22 heavy (non-hydrogen) atoms. The first-order chi connectivity index (χ1) is 10.5. The fraction of sp³-hybridized carbons (Fsp3) is 0. The molecule has 0 aliphatic carbocycles. The summed E-state index contributed by atoms with van der Waals surface area (Å²) in [4.78, 5) is 10.8. The Morgan fingerprint density at radius 2 is 1.64 bits per heavy atom. The molecule has 5 heteroatoms. The van der Waals surface area contributed by atoms with E-state index in [1.165, 1.54) is 18.2 Å². The van der Waals surface area contributed by atoms with Gasteiger partial charge in [-0.1, -0.05) is 12.1 Å². The van der Waals surface area contributed by atoms with Crippen molar-refractivity contribution in [2.75, 3.05) is 0 Å². The molecule has 3 nitrogen and oxygen atoms in total. The Labute approximate surface area is 125 Å². The molecule has 0 atom stereocenters. The van der Waals surface area contributed by atoms with Crippen molar-refractivity contribution in [1.29, 1.82) is 0 Å². The van der Waals surface area contributed by atoms with Crippen LogP contribution >= 0.6 is 0 Å². The highest BCUT2D eigenvalue weighted by Crippen LogP contribution is 2.23. The van der Waals surface area contributed by atoms with Crippen molar-refractivity contribution in [3.8, 4) is 16.8 Å². The van der Waals surface area contributed by atoms with Crippen LogP contribution in [0.15, 0.2) is 60.9 Å². The molecule has 2 aromatic carbocycles. The van der Waals surface area contributed by atoms with Crippen molar-refractivity contribution in [3.63, 3.8) is 0 Å². The number of benzene rings is 2. The minimum absolute atomic E-state index is 0.212. The molecule has 1 heterocycles. The second kappa shape index (κ2) is 5.44. The van der Waals surface area contributed by atoms with Gasteiger partial charge in [-0.25, -0.2) is 13.6 Å². The van der Waals surface area contributed by atoms with Crippen LogP contribution in [-0.4, -0.2) is 15.6 Å². The van der Waals surface area contributed by atoms with Gasteiger partial charge < -0.3 is 9.67 Å². The molecular formula is C17H11F2NO2. The van der Waals surface area contributed by atoms with E-state index in [0.717, 1.165) is 23.3 Å². The Morgan fingerprint density at radius 1 is 0.909 bits per heavy atom.